The Balaban J connectivity index is 0.000000631. The molecule has 0 amide bonds. The Morgan fingerprint density at radius 1 is 1.22 bits per heavy atom. The summed E-state index contributed by atoms with van der Waals surface area (Å²) in [5.41, 5.74) is 6.39. The number of hydrogen-bond donors (Lipinski definition) is 2. The lowest BCUT2D eigenvalue weighted by Gasteiger charge is -2.06. The van der Waals surface area contributed by atoms with Gasteiger partial charge in [0.25, 0.3) is 0 Å². The van der Waals surface area contributed by atoms with Gasteiger partial charge >= 0.3 is 0 Å². The van der Waals surface area contributed by atoms with Crippen LogP contribution in [0.25, 0.3) is 0 Å². The van der Waals surface area contributed by atoms with E-state index in [4.69, 9.17) is 5.73 Å². The van der Waals surface area contributed by atoms with Crippen LogP contribution in [0, 0.1) is 0 Å². The second-order valence-electron chi connectivity index (χ2n) is 4.19. The van der Waals surface area contributed by atoms with Crippen molar-refractivity contribution in [2.75, 3.05) is 6.54 Å². The van der Waals surface area contributed by atoms with Gasteiger partial charge in [0.05, 0.1) is 6.04 Å². The predicted molar refractivity (Wildman–Crippen MR) is 79.0 cm³/mol. The Labute approximate surface area is 111 Å². The number of nitrogens with two attached hydrogens (primary N) is 1. The van der Waals surface area contributed by atoms with E-state index >= 15 is 0 Å². The molecule has 0 aliphatic carbocycles. The van der Waals surface area contributed by atoms with Gasteiger partial charge in [-0.2, -0.15) is 0 Å². The molecular weight excluding hydrogens is 224 g/mol. The molecule has 0 spiro atoms. The summed E-state index contributed by atoms with van der Waals surface area (Å²) in [6.07, 6.45) is 3.50. The van der Waals surface area contributed by atoms with Crippen molar-refractivity contribution >= 4 is 6.21 Å². The summed E-state index contributed by atoms with van der Waals surface area (Å²) in [6, 6.07) is 10.0. The third kappa shape index (κ3) is 7.98. The van der Waals surface area contributed by atoms with E-state index in [-0.39, 0.29) is 12.6 Å². The zero-order valence-corrected chi connectivity index (χ0v) is 11.7. The van der Waals surface area contributed by atoms with E-state index in [1.165, 1.54) is 19.1 Å². The topological polar surface area (TPSA) is 58.6 Å². The van der Waals surface area contributed by atoms with Gasteiger partial charge in [-0.25, -0.2) is 0 Å². The van der Waals surface area contributed by atoms with Crippen molar-refractivity contribution in [2.45, 2.75) is 45.8 Å². The van der Waals surface area contributed by atoms with Gasteiger partial charge in [-0.05, 0) is 12.5 Å². The van der Waals surface area contributed by atoms with Gasteiger partial charge in [0.15, 0.2) is 0 Å². The Morgan fingerprint density at radius 2 is 1.78 bits per heavy atom. The molecule has 0 saturated heterocycles. The van der Waals surface area contributed by atoms with Crippen molar-refractivity contribution in [2.24, 2.45) is 10.7 Å². The fourth-order valence-corrected chi connectivity index (χ4v) is 1.11. The van der Waals surface area contributed by atoms with E-state index in [1.807, 2.05) is 37.3 Å². The first kappa shape index (κ1) is 16.8. The number of unbranched alkanes of at least 4 members (excludes halogenated alkanes) is 1. The van der Waals surface area contributed by atoms with Gasteiger partial charge in [0, 0.05) is 12.8 Å². The van der Waals surface area contributed by atoms with Gasteiger partial charge in [-0.3, -0.25) is 4.99 Å². The Morgan fingerprint density at radius 3 is 2.22 bits per heavy atom. The SMILES string of the molecule is CC(N=CC(O)CN)c1ccccc1.CCCC. The fourth-order valence-electron chi connectivity index (χ4n) is 1.11. The van der Waals surface area contributed by atoms with E-state index in [0.717, 1.165) is 5.56 Å². The molecule has 3 nitrogen and oxygen atoms in total. The minimum absolute atomic E-state index is 0.0670. The molecule has 0 saturated carbocycles. The minimum atomic E-state index is -0.638. The van der Waals surface area contributed by atoms with Gasteiger partial charge in [0.2, 0.25) is 0 Å². The average Bonchev–Trinajstić information content (AvgIpc) is 2.45. The van der Waals surface area contributed by atoms with Crippen LogP contribution in [0.3, 0.4) is 0 Å². The smallest absolute Gasteiger partial charge is 0.101 e. The number of aliphatic hydroxyl groups is 1. The third-order valence-electron chi connectivity index (χ3n) is 2.51. The average molecular weight is 250 g/mol. The van der Waals surface area contributed by atoms with Crippen molar-refractivity contribution < 1.29 is 5.11 Å². The molecule has 0 aliphatic rings. The molecule has 1 aromatic rings. The largest absolute Gasteiger partial charge is 0.386 e. The van der Waals surface area contributed by atoms with Crippen LogP contribution in [-0.4, -0.2) is 24.0 Å². The second kappa shape index (κ2) is 10.9. The minimum Gasteiger partial charge on any atom is -0.386 e. The van der Waals surface area contributed by atoms with E-state index in [1.54, 1.807) is 0 Å². The van der Waals surface area contributed by atoms with Crippen molar-refractivity contribution in [3.05, 3.63) is 35.9 Å². The Bertz CT molecular complexity index is 310. The number of aliphatic hydroxyl groups excluding tert-OH is 1. The van der Waals surface area contributed by atoms with Crippen molar-refractivity contribution in [3.63, 3.8) is 0 Å². The van der Waals surface area contributed by atoms with Crippen LogP contribution in [0.15, 0.2) is 35.3 Å². The summed E-state index contributed by atoms with van der Waals surface area (Å²) in [5, 5.41) is 9.18. The van der Waals surface area contributed by atoms with Crippen LogP contribution in [0.1, 0.15) is 45.2 Å². The van der Waals surface area contributed by atoms with Crippen LogP contribution in [0.4, 0.5) is 0 Å². The highest BCUT2D eigenvalue weighted by molar-refractivity contribution is 5.63. The monoisotopic (exact) mass is 250 g/mol. The predicted octanol–water partition coefficient (Wildman–Crippen LogP) is 2.94. The van der Waals surface area contributed by atoms with Crippen LogP contribution < -0.4 is 5.73 Å². The van der Waals surface area contributed by atoms with Crippen molar-refractivity contribution in [3.8, 4) is 0 Å². The van der Waals surface area contributed by atoms with Gasteiger partial charge < -0.3 is 10.8 Å². The summed E-state index contributed by atoms with van der Waals surface area (Å²) in [7, 11) is 0. The number of hydrogen-bond acceptors (Lipinski definition) is 3. The van der Waals surface area contributed by atoms with E-state index in [2.05, 4.69) is 18.8 Å². The molecule has 1 aromatic carbocycles. The summed E-state index contributed by atoms with van der Waals surface area (Å²) in [5.74, 6) is 0. The maximum Gasteiger partial charge on any atom is 0.101 e. The number of benzene rings is 1. The third-order valence-corrected chi connectivity index (χ3v) is 2.51. The molecule has 0 aromatic heterocycles. The number of nitrogens with zero attached hydrogens (tertiary/aromatic N) is 1. The highest BCUT2D eigenvalue weighted by Gasteiger charge is 2.01. The summed E-state index contributed by atoms with van der Waals surface area (Å²) in [6.45, 7) is 6.56. The van der Waals surface area contributed by atoms with Crippen LogP contribution in [0.2, 0.25) is 0 Å². The summed E-state index contributed by atoms with van der Waals surface area (Å²) in [4.78, 5) is 4.21. The van der Waals surface area contributed by atoms with Gasteiger partial charge in [0.1, 0.15) is 6.10 Å². The molecule has 0 fully saturated rings. The lowest BCUT2D eigenvalue weighted by Crippen LogP contribution is -2.21. The van der Waals surface area contributed by atoms with Gasteiger partial charge in [-0.1, -0.05) is 57.0 Å². The highest BCUT2D eigenvalue weighted by Crippen LogP contribution is 2.14. The normalized spacial score (nSPS) is 13.8. The molecule has 2 unspecified atom stereocenters. The first-order valence-electron chi connectivity index (χ1n) is 6.62. The second-order valence-corrected chi connectivity index (χ2v) is 4.19. The maximum atomic E-state index is 9.18. The van der Waals surface area contributed by atoms with Crippen LogP contribution in [-0.2, 0) is 0 Å². The zero-order chi connectivity index (χ0) is 13.8. The number of aliphatic imine (C=N–C) groups is 1. The Hall–Kier alpha value is -1.19. The molecule has 102 valence electrons. The molecular formula is C15H26N2O. The first-order valence-corrected chi connectivity index (χ1v) is 6.62. The highest BCUT2D eigenvalue weighted by atomic mass is 16.3. The molecule has 0 radical (unpaired) electrons. The molecule has 3 N–H and O–H groups in total. The molecule has 3 heteroatoms. The van der Waals surface area contributed by atoms with Crippen LogP contribution >= 0.6 is 0 Å². The Kier molecular flexibility index (Phi) is 10.2. The summed E-state index contributed by atoms with van der Waals surface area (Å²) >= 11 is 0. The fraction of sp³-hybridized carbons (Fsp3) is 0.533. The van der Waals surface area contributed by atoms with E-state index in [9.17, 15) is 5.11 Å². The van der Waals surface area contributed by atoms with Crippen molar-refractivity contribution in [1.29, 1.82) is 0 Å². The van der Waals surface area contributed by atoms with E-state index in [0.29, 0.717) is 0 Å². The van der Waals surface area contributed by atoms with Crippen molar-refractivity contribution in [1.82, 2.24) is 0 Å². The van der Waals surface area contributed by atoms with E-state index < -0.39 is 6.10 Å². The molecule has 0 bridgehead atoms. The maximum absolute atomic E-state index is 9.18. The molecule has 0 heterocycles. The molecule has 2 atom stereocenters. The number of rotatable bonds is 5. The van der Waals surface area contributed by atoms with Crippen LogP contribution in [0.5, 0.6) is 0 Å². The quantitative estimate of drug-likeness (QED) is 0.789. The summed E-state index contributed by atoms with van der Waals surface area (Å²) < 4.78 is 0. The zero-order valence-electron chi connectivity index (χ0n) is 11.7. The van der Waals surface area contributed by atoms with Gasteiger partial charge in [-0.15, -0.1) is 0 Å². The standard InChI is InChI=1S/C11H16N2O.C4H10/c1-9(13-8-11(14)7-12)10-5-3-2-4-6-10;1-3-4-2/h2-6,8-9,11,14H,7,12H2,1H3;3-4H2,1-2H3. The lowest BCUT2D eigenvalue weighted by molar-refractivity contribution is 0.254. The first-order chi connectivity index (χ1) is 8.65. The molecule has 1 rings (SSSR count). The molecule has 18 heavy (non-hydrogen) atoms. The lowest BCUT2D eigenvalue weighted by atomic mass is 10.1. The molecule has 0 aliphatic heterocycles.